The minimum Gasteiger partial charge on any atom is -0.364 e. The first-order chi connectivity index (χ1) is 11.2. The van der Waals surface area contributed by atoms with Gasteiger partial charge >= 0.3 is 0 Å². The van der Waals surface area contributed by atoms with Crippen LogP contribution in [-0.4, -0.2) is 20.9 Å². The molecule has 1 aliphatic heterocycles. The number of anilines is 3. The first-order valence-electron chi connectivity index (χ1n) is 6.90. The van der Waals surface area contributed by atoms with Gasteiger partial charge in [-0.3, -0.25) is 14.7 Å². The summed E-state index contributed by atoms with van der Waals surface area (Å²) in [5, 5.41) is 3.43. The van der Waals surface area contributed by atoms with E-state index in [1.807, 2.05) is 29.2 Å². The molecule has 0 aliphatic carbocycles. The number of nitrogens with two attached hydrogens (primary N) is 1. The van der Waals surface area contributed by atoms with Crippen LogP contribution in [0.1, 0.15) is 21.5 Å². The van der Waals surface area contributed by atoms with Crippen LogP contribution in [0.25, 0.3) is 0 Å². The summed E-state index contributed by atoms with van der Waals surface area (Å²) >= 11 is 1.54. The molecule has 0 radical (unpaired) electrons. The number of amides is 1. The molecule has 7 nitrogen and oxygen atoms in total. The van der Waals surface area contributed by atoms with Gasteiger partial charge in [0.15, 0.2) is 0 Å². The van der Waals surface area contributed by atoms with E-state index in [1.54, 1.807) is 11.7 Å². The summed E-state index contributed by atoms with van der Waals surface area (Å²) in [5.74, 6) is -0.166. The SMILES string of the molecule is NC(=O)c1ccnc(N2c3ccccc3NC2c2cncs2)n1. The van der Waals surface area contributed by atoms with Crippen LogP contribution in [-0.2, 0) is 0 Å². The van der Waals surface area contributed by atoms with Crippen molar-refractivity contribution in [2.24, 2.45) is 5.73 Å². The standard InChI is InChI=1S/C15H12N6OS/c16-13(22)10-5-6-18-15(20-10)21-11-4-2-1-3-9(11)19-14(21)12-7-17-8-23-12/h1-8,14,19H,(H2,16,22). The third-order valence-electron chi connectivity index (χ3n) is 3.55. The number of fused-ring (bicyclic) bond motifs is 1. The highest BCUT2D eigenvalue weighted by Crippen LogP contribution is 2.45. The zero-order chi connectivity index (χ0) is 15.8. The second kappa shape index (κ2) is 5.33. The van der Waals surface area contributed by atoms with Crippen LogP contribution in [0.5, 0.6) is 0 Å². The lowest BCUT2D eigenvalue weighted by Gasteiger charge is -2.23. The van der Waals surface area contributed by atoms with Gasteiger partial charge in [0.25, 0.3) is 5.91 Å². The van der Waals surface area contributed by atoms with Gasteiger partial charge in [0.05, 0.1) is 21.8 Å². The number of para-hydroxylation sites is 2. The Bertz CT molecular complexity index is 866. The molecule has 8 heteroatoms. The number of aromatic nitrogens is 3. The average molecular weight is 324 g/mol. The Morgan fingerprint density at radius 1 is 1.30 bits per heavy atom. The second-order valence-corrected chi connectivity index (χ2v) is 5.86. The Labute approximate surface area is 135 Å². The lowest BCUT2D eigenvalue weighted by molar-refractivity contribution is 0.0995. The van der Waals surface area contributed by atoms with Crippen LogP contribution in [0.3, 0.4) is 0 Å². The van der Waals surface area contributed by atoms with Crippen molar-refractivity contribution in [3.8, 4) is 0 Å². The largest absolute Gasteiger partial charge is 0.364 e. The van der Waals surface area contributed by atoms with E-state index in [9.17, 15) is 4.79 Å². The molecule has 4 rings (SSSR count). The number of nitrogens with one attached hydrogen (secondary N) is 1. The molecule has 1 amide bonds. The third-order valence-corrected chi connectivity index (χ3v) is 4.37. The lowest BCUT2D eigenvalue weighted by atomic mass is 10.2. The van der Waals surface area contributed by atoms with E-state index in [0.717, 1.165) is 16.3 Å². The maximum Gasteiger partial charge on any atom is 0.267 e. The number of thiazole rings is 1. The summed E-state index contributed by atoms with van der Waals surface area (Å²) < 4.78 is 0. The molecule has 23 heavy (non-hydrogen) atoms. The van der Waals surface area contributed by atoms with Gasteiger partial charge in [0.1, 0.15) is 11.9 Å². The van der Waals surface area contributed by atoms with Crippen LogP contribution < -0.4 is 16.0 Å². The van der Waals surface area contributed by atoms with E-state index in [0.29, 0.717) is 5.95 Å². The molecule has 3 N–H and O–H groups in total. The normalized spacial score (nSPS) is 16.0. The minimum absolute atomic E-state index is 0.178. The van der Waals surface area contributed by atoms with Crippen molar-refractivity contribution in [3.63, 3.8) is 0 Å². The first kappa shape index (κ1) is 13.6. The number of benzene rings is 1. The Kier molecular flexibility index (Phi) is 3.16. The van der Waals surface area contributed by atoms with Crippen LogP contribution in [0.15, 0.2) is 48.2 Å². The summed E-state index contributed by atoms with van der Waals surface area (Å²) in [5.41, 5.74) is 9.20. The Morgan fingerprint density at radius 3 is 2.96 bits per heavy atom. The van der Waals surface area contributed by atoms with E-state index in [2.05, 4.69) is 20.3 Å². The molecule has 1 atom stereocenters. The van der Waals surface area contributed by atoms with E-state index in [-0.39, 0.29) is 11.9 Å². The van der Waals surface area contributed by atoms with Crippen LogP contribution in [0.4, 0.5) is 17.3 Å². The average Bonchev–Trinajstić information content (AvgIpc) is 3.22. The Hall–Kier alpha value is -3.00. The number of nitrogens with zero attached hydrogens (tertiary/aromatic N) is 4. The molecule has 2 aromatic heterocycles. The fourth-order valence-corrected chi connectivity index (χ4v) is 3.20. The van der Waals surface area contributed by atoms with Gasteiger partial charge in [0.2, 0.25) is 5.95 Å². The molecule has 0 bridgehead atoms. The first-order valence-corrected chi connectivity index (χ1v) is 7.78. The molecule has 114 valence electrons. The number of carbonyl (C=O) groups excluding carboxylic acids is 1. The predicted molar refractivity (Wildman–Crippen MR) is 87.6 cm³/mol. The number of hydrogen-bond acceptors (Lipinski definition) is 7. The van der Waals surface area contributed by atoms with Crippen LogP contribution in [0, 0.1) is 0 Å². The highest BCUT2D eigenvalue weighted by Gasteiger charge is 2.33. The fraction of sp³-hybridized carbons (Fsp3) is 0.0667. The quantitative estimate of drug-likeness (QED) is 0.767. The van der Waals surface area contributed by atoms with Gasteiger partial charge in [-0.25, -0.2) is 9.97 Å². The monoisotopic (exact) mass is 324 g/mol. The second-order valence-electron chi connectivity index (χ2n) is 4.94. The van der Waals surface area contributed by atoms with E-state index < -0.39 is 5.91 Å². The lowest BCUT2D eigenvalue weighted by Crippen LogP contribution is -2.25. The smallest absolute Gasteiger partial charge is 0.267 e. The van der Waals surface area contributed by atoms with Crippen LogP contribution in [0.2, 0.25) is 0 Å². The maximum absolute atomic E-state index is 11.4. The van der Waals surface area contributed by atoms with E-state index >= 15 is 0 Å². The zero-order valence-corrected chi connectivity index (χ0v) is 12.7. The van der Waals surface area contributed by atoms with Crippen molar-refractivity contribution in [1.82, 2.24) is 15.0 Å². The zero-order valence-electron chi connectivity index (χ0n) is 11.9. The van der Waals surface area contributed by atoms with Crippen molar-refractivity contribution in [1.29, 1.82) is 0 Å². The minimum atomic E-state index is -0.580. The van der Waals surface area contributed by atoms with Gasteiger partial charge in [-0.2, -0.15) is 0 Å². The van der Waals surface area contributed by atoms with Crippen molar-refractivity contribution < 1.29 is 4.79 Å². The number of primary amides is 1. The molecule has 0 saturated heterocycles. The summed E-state index contributed by atoms with van der Waals surface area (Å²) in [6.07, 6.45) is 3.16. The van der Waals surface area contributed by atoms with Crippen molar-refractivity contribution in [2.45, 2.75) is 6.17 Å². The van der Waals surface area contributed by atoms with Crippen molar-refractivity contribution in [3.05, 3.63) is 58.8 Å². The summed E-state index contributed by atoms with van der Waals surface area (Å²) in [6.45, 7) is 0. The van der Waals surface area contributed by atoms with Gasteiger partial charge in [-0.15, -0.1) is 11.3 Å². The van der Waals surface area contributed by atoms with Crippen molar-refractivity contribution in [2.75, 3.05) is 10.2 Å². The summed E-state index contributed by atoms with van der Waals surface area (Å²) in [7, 11) is 0. The van der Waals surface area contributed by atoms with Gasteiger partial charge in [0, 0.05) is 12.4 Å². The predicted octanol–water partition coefficient (Wildman–Crippen LogP) is 2.29. The number of hydrogen-bond donors (Lipinski definition) is 2. The Balaban J connectivity index is 1.85. The molecular formula is C15H12N6OS. The third kappa shape index (κ3) is 2.29. The van der Waals surface area contributed by atoms with Gasteiger partial charge in [-0.1, -0.05) is 12.1 Å². The molecule has 0 spiro atoms. The number of rotatable bonds is 3. The molecule has 0 saturated carbocycles. The van der Waals surface area contributed by atoms with Crippen LogP contribution >= 0.6 is 11.3 Å². The topological polar surface area (TPSA) is 97.0 Å². The molecule has 1 aliphatic rings. The van der Waals surface area contributed by atoms with Gasteiger partial charge in [-0.05, 0) is 18.2 Å². The van der Waals surface area contributed by atoms with Crippen molar-refractivity contribution >= 4 is 34.6 Å². The number of carbonyl (C=O) groups is 1. The van der Waals surface area contributed by atoms with Gasteiger partial charge < -0.3 is 11.1 Å². The molecular weight excluding hydrogens is 312 g/mol. The molecule has 3 heterocycles. The molecule has 0 fully saturated rings. The van der Waals surface area contributed by atoms with E-state index in [1.165, 1.54) is 23.6 Å². The highest BCUT2D eigenvalue weighted by atomic mass is 32.1. The Morgan fingerprint density at radius 2 is 2.17 bits per heavy atom. The summed E-state index contributed by atoms with van der Waals surface area (Å²) in [4.78, 5) is 27.1. The molecule has 1 aromatic carbocycles. The maximum atomic E-state index is 11.4. The fourth-order valence-electron chi connectivity index (χ4n) is 2.54. The molecule has 1 unspecified atom stereocenters. The summed E-state index contributed by atoms with van der Waals surface area (Å²) in [6, 6.07) is 9.37. The van der Waals surface area contributed by atoms with E-state index in [4.69, 9.17) is 5.73 Å². The molecule has 3 aromatic rings. The highest BCUT2D eigenvalue weighted by molar-refractivity contribution is 7.09.